The zero-order valence-corrected chi connectivity index (χ0v) is 17.5. The number of carbonyl (C=O) groups is 2. The molecule has 160 valence electrons. The maximum Gasteiger partial charge on any atom is 0.258 e. The van der Waals surface area contributed by atoms with E-state index in [1.807, 2.05) is 61.5 Å². The summed E-state index contributed by atoms with van der Waals surface area (Å²) in [7, 11) is 0. The fourth-order valence-corrected chi connectivity index (χ4v) is 3.28. The first kappa shape index (κ1) is 20.7. The van der Waals surface area contributed by atoms with Gasteiger partial charge < -0.3 is 15.4 Å². The van der Waals surface area contributed by atoms with Gasteiger partial charge in [-0.2, -0.15) is 5.10 Å². The number of hydrogen-bond acceptors (Lipinski definition) is 4. The normalized spacial score (nSPS) is 12.9. The second kappa shape index (κ2) is 9.47. The molecule has 0 bridgehead atoms. The summed E-state index contributed by atoms with van der Waals surface area (Å²) in [5, 5.41) is 10.2. The maximum absolute atomic E-state index is 12.6. The molecule has 3 aromatic rings. The Balaban J connectivity index is 1.24. The van der Waals surface area contributed by atoms with Crippen LogP contribution in [0.15, 0.2) is 60.8 Å². The van der Waals surface area contributed by atoms with Crippen molar-refractivity contribution in [1.29, 1.82) is 0 Å². The number of para-hydroxylation sites is 1. The van der Waals surface area contributed by atoms with Crippen molar-refractivity contribution in [1.82, 2.24) is 20.4 Å². The number of nitrogens with one attached hydrogen (secondary N) is 2. The monoisotopic (exact) mass is 418 g/mol. The van der Waals surface area contributed by atoms with E-state index in [1.165, 1.54) is 0 Å². The molecule has 31 heavy (non-hydrogen) atoms. The lowest BCUT2D eigenvalue weighted by atomic mass is 10.1. The smallest absolute Gasteiger partial charge is 0.258 e. The topological polar surface area (TPSA) is 85.2 Å². The number of nitrogens with zero attached hydrogens (tertiary/aromatic N) is 2. The Morgan fingerprint density at radius 3 is 2.55 bits per heavy atom. The highest BCUT2D eigenvalue weighted by Gasteiger charge is 2.23. The van der Waals surface area contributed by atoms with E-state index in [2.05, 4.69) is 15.7 Å². The van der Waals surface area contributed by atoms with E-state index in [4.69, 9.17) is 4.74 Å². The molecule has 2 amide bonds. The third-order valence-electron chi connectivity index (χ3n) is 5.19. The summed E-state index contributed by atoms with van der Waals surface area (Å²) in [6.45, 7) is 2.43. The summed E-state index contributed by atoms with van der Waals surface area (Å²) in [5.41, 5.74) is 3.37. The molecule has 0 unspecified atom stereocenters. The molecule has 0 aliphatic heterocycles. The summed E-state index contributed by atoms with van der Waals surface area (Å²) in [5.74, 6) is 0.434. The number of amides is 2. The van der Waals surface area contributed by atoms with Crippen LogP contribution in [0.25, 0.3) is 5.69 Å². The number of hydrogen-bond donors (Lipinski definition) is 2. The Kier molecular flexibility index (Phi) is 6.31. The van der Waals surface area contributed by atoms with Crippen molar-refractivity contribution in [2.75, 3.05) is 13.2 Å². The van der Waals surface area contributed by atoms with Gasteiger partial charge in [-0.1, -0.05) is 30.3 Å². The summed E-state index contributed by atoms with van der Waals surface area (Å²) >= 11 is 0. The molecule has 0 spiro atoms. The van der Waals surface area contributed by atoms with Gasteiger partial charge in [0.2, 0.25) is 0 Å². The van der Waals surface area contributed by atoms with Gasteiger partial charge >= 0.3 is 0 Å². The largest absolute Gasteiger partial charge is 0.484 e. The molecule has 1 saturated carbocycles. The molecular weight excluding hydrogens is 392 g/mol. The third-order valence-corrected chi connectivity index (χ3v) is 5.19. The number of carbonyl (C=O) groups excluding carboxylic acids is 2. The lowest BCUT2D eigenvalue weighted by molar-refractivity contribution is -0.123. The minimum atomic E-state index is -0.138. The fraction of sp³-hybridized carbons (Fsp3) is 0.292. The summed E-state index contributed by atoms with van der Waals surface area (Å²) in [6, 6.07) is 17.6. The molecule has 1 aromatic heterocycles. The molecule has 7 nitrogen and oxygen atoms in total. The Labute approximate surface area is 181 Å². The first-order valence-corrected chi connectivity index (χ1v) is 10.5. The highest BCUT2D eigenvalue weighted by Crippen LogP contribution is 2.18. The van der Waals surface area contributed by atoms with E-state index < -0.39 is 0 Å². The molecule has 7 heteroatoms. The van der Waals surface area contributed by atoms with E-state index >= 15 is 0 Å². The standard InChI is InChI=1S/C24H26N4O3/c1-17-22(15-26-28(17)20-5-3-2-4-6-20)24(30)25-14-13-18-7-11-21(12-8-18)31-16-23(29)27-19-9-10-19/h2-8,11-12,15,19H,9-10,13-14,16H2,1H3,(H,25,30)(H,27,29). The number of ether oxygens (including phenoxy) is 1. The quantitative estimate of drug-likeness (QED) is 0.560. The molecule has 0 saturated heterocycles. The third kappa shape index (κ3) is 5.51. The lowest BCUT2D eigenvalue weighted by Gasteiger charge is -2.09. The highest BCUT2D eigenvalue weighted by molar-refractivity contribution is 5.95. The Morgan fingerprint density at radius 2 is 1.84 bits per heavy atom. The lowest BCUT2D eigenvalue weighted by Crippen LogP contribution is -2.30. The van der Waals surface area contributed by atoms with Crippen molar-refractivity contribution in [3.63, 3.8) is 0 Å². The highest BCUT2D eigenvalue weighted by atomic mass is 16.5. The van der Waals surface area contributed by atoms with Crippen molar-refractivity contribution in [2.24, 2.45) is 0 Å². The van der Waals surface area contributed by atoms with E-state index in [9.17, 15) is 9.59 Å². The summed E-state index contributed by atoms with van der Waals surface area (Å²) < 4.78 is 7.28. The molecule has 0 radical (unpaired) electrons. The molecule has 2 aromatic carbocycles. The second-order valence-corrected chi connectivity index (χ2v) is 7.67. The molecule has 1 heterocycles. The molecule has 1 fully saturated rings. The Hall–Kier alpha value is -3.61. The molecular formula is C24H26N4O3. The SMILES string of the molecule is Cc1c(C(=O)NCCc2ccc(OCC(=O)NC3CC3)cc2)cnn1-c1ccccc1. The zero-order valence-electron chi connectivity index (χ0n) is 17.5. The fourth-order valence-electron chi connectivity index (χ4n) is 3.28. The first-order valence-electron chi connectivity index (χ1n) is 10.5. The Bertz CT molecular complexity index is 1040. The Morgan fingerprint density at radius 1 is 1.10 bits per heavy atom. The number of rotatable bonds is 9. The number of aromatic nitrogens is 2. The van der Waals surface area contributed by atoms with E-state index in [-0.39, 0.29) is 18.4 Å². The average molecular weight is 418 g/mol. The van der Waals surface area contributed by atoms with Crippen LogP contribution in [0.1, 0.15) is 34.5 Å². The van der Waals surface area contributed by atoms with Crippen molar-refractivity contribution >= 4 is 11.8 Å². The van der Waals surface area contributed by atoms with Gasteiger partial charge in [0.1, 0.15) is 5.75 Å². The maximum atomic E-state index is 12.6. The van der Waals surface area contributed by atoms with Crippen LogP contribution in [0.3, 0.4) is 0 Å². The molecule has 2 N–H and O–H groups in total. The molecule has 4 rings (SSSR count). The first-order chi connectivity index (χ1) is 15.1. The zero-order chi connectivity index (χ0) is 21.6. The van der Waals surface area contributed by atoms with Gasteiger partial charge in [0, 0.05) is 12.6 Å². The molecule has 1 aliphatic rings. The predicted octanol–water partition coefficient (Wildman–Crippen LogP) is 2.81. The molecule has 1 aliphatic carbocycles. The van der Waals surface area contributed by atoms with Crippen LogP contribution in [0, 0.1) is 6.92 Å². The van der Waals surface area contributed by atoms with Crippen LogP contribution in [0.4, 0.5) is 0 Å². The predicted molar refractivity (Wildman–Crippen MR) is 117 cm³/mol. The van der Waals surface area contributed by atoms with E-state index in [0.29, 0.717) is 30.3 Å². The molecule has 0 atom stereocenters. The van der Waals surface area contributed by atoms with Crippen LogP contribution in [-0.4, -0.2) is 40.8 Å². The minimum absolute atomic E-state index is 0.0297. The van der Waals surface area contributed by atoms with Gasteiger partial charge in [-0.3, -0.25) is 9.59 Å². The average Bonchev–Trinajstić information content (AvgIpc) is 3.52. The van der Waals surface area contributed by atoms with Gasteiger partial charge in [0.25, 0.3) is 11.8 Å². The van der Waals surface area contributed by atoms with Gasteiger partial charge in [-0.05, 0) is 56.0 Å². The number of benzene rings is 2. The van der Waals surface area contributed by atoms with Crippen LogP contribution in [0.2, 0.25) is 0 Å². The van der Waals surface area contributed by atoms with Crippen LogP contribution < -0.4 is 15.4 Å². The second-order valence-electron chi connectivity index (χ2n) is 7.67. The summed E-state index contributed by atoms with van der Waals surface area (Å²) in [4.78, 5) is 24.2. The summed E-state index contributed by atoms with van der Waals surface area (Å²) in [6.07, 6.45) is 4.42. The van der Waals surface area contributed by atoms with Gasteiger partial charge in [0.15, 0.2) is 6.61 Å². The van der Waals surface area contributed by atoms with E-state index in [0.717, 1.165) is 29.8 Å². The van der Waals surface area contributed by atoms with Crippen LogP contribution in [-0.2, 0) is 11.2 Å². The van der Waals surface area contributed by atoms with Crippen molar-refractivity contribution in [2.45, 2.75) is 32.2 Å². The van der Waals surface area contributed by atoms with Crippen LogP contribution >= 0.6 is 0 Å². The van der Waals surface area contributed by atoms with Gasteiger partial charge in [0.05, 0.1) is 23.1 Å². The van der Waals surface area contributed by atoms with E-state index in [1.54, 1.807) is 10.9 Å². The van der Waals surface area contributed by atoms with Crippen molar-refractivity contribution < 1.29 is 14.3 Å². The van der Waals surface area contributed by atoms with Gasteiger partial charge in [-0.25, -0.2) is 4.68 Å². The van der Waals surface area contributed by atoms with Crippen molar-refractivity contribution in [3.05, 3.63) is 77.6 Å². The van der Waals surface area contributed by atoms with Crippen LogP contribution in [0.5, 0.6) is 5.75 Å². The minimum Gasteiger partial charge on any atom is -0.484 e. The van der Waals surface area contributed by atoms with Gasteiger partial charge in [-0.15, -0.1) is 0 Å². The van der Waals surface area contributed by atoms with Crippen molar-refractivity contribution in [3.8, 4) is 11.4 Å².